The zero-order valence-electron chi connectivity index (χ0n) is 18.4. The molecule has 0 bridgehead atoms. The van der Waals surface area contributed by atoms with Crippen molar-refractivity contribution in [2.75, 3.05) is 34.4 Å². The molecular weight excluding hydrogens is 519 g/mol. The molecule has 2 aromatic carbocycles. The van der Waals surface area contributed by atoms with Crippen LogP contribution in [-0.4, -0.2) is 40.4 Å². The number of benzene rings is 2. The van der Waals surface area contributed by atoms with Gasteiger partial charge < -0.3 is 24.8 Å². The van der Waals surface area contributed by atoms with Crippen molar-refractivity contribution < 1.29 is 23.0 Å². The Morgan fingerprint density at radius 1 is 0.935 bits per heavy atom. The summed E-state index contributed by atoms with van der Waals surface area (Å²) in [6, 6.07) is 7.54. The van der Waals surface area contributed by atoms with Gasteiger partial charge in [-0.15, -0.1) is 24.0 Å². The molecule has 6 nitrogen and oxygen atoms in total. The SMILES string of the molecule is CCNC(=NCc1cc(OC)c(OC)cc1OC)NCC(C)c1ccc(F)c(F)c1.I. The number of aliphatic imine (C=N–C) groups is 1. The van der Waals surface area contributed by atoms with E-state index in [4.69, 9.17) is 14.2 Å². The lowest BCUT2D eigenvalue weighted by Gasteiger charge is -2.17. The van der Waals surface area contributed by atoms with Crippen LogP contribution in [0.3, 0.4) is 0 Å². The van der Waals surface area contributed by atoms with Crippen molar-refractivity contribution in [3.05, 3.63) is 53.1 Å². The topological polar surface area (TPSA) is 64.1 Å². The fraction of sp³-hybridized carbons (Fsp3) is 0.409. The predicted octanol–water partition coefficient (Wildman–Crippen LogP) is 4.47. The number of ether oxygens (including phenoxy) is 3. The van der Waals surface area contributed by atoms with Gasteiger partial charge in [0, 0.05) is 24.7 Å². The van der Waals surface area contributed by atoms with Crippen LogP contribution in [0.2, 0.25) is 0 Å². The lowest BCUT2D eigenvalue weighted by Crippen LogP contribution is -2.39. The summed E-state index contributed by atoms with van der Waals surface area (Å²) in [6.07, 6.45) is 0. The first-order valence-electron chi connectivity index (χ1n) is 9.69. The molecule has 0 saturated carbocycles. The van der Waals surface area contributed by atoms with Crippen LogP contribution < -0.4 is 24.8 Å². The number of hydrogen-bond donors (Lipinski definition) is 2. The third-order valence-corrected chi connectivity index (χ3v) is 4.63. The molecule has 0 aliphatic carbocycles. The van der Waals surface area contributed by atoms with Gasteiger partial charge in [-0.1, -0.05) is 13.0 Å². The molecule has 1 atom stereocenters. The van der Waals surface area contributed by atoms with Gasteiger partial charge in [0.1, 0.15) is 5.75 Å². The summed E-state index contributed by atoms with van der Waals surface area (Å²) < 4.78 is 42.8. The highest BCUT2D eigenvalue weighted by Gasteiger charge is 2.13. The highest BCUT2D eigenvalue weighted by molar-refractivity contribution is 14.0. The maximum Gasteiger partial charge on any atom is 0.191 e. The summed E-state index contributed by atoms with van der Waals surface area (Å²) in [5.74, 6) is 0.671. The first kappa shape index (κ1) is 26.7. The van der Waals surface area contributed by atoms with Gasteiger partial charge in [-0.25, -0.2) is 13.8 Å². The molecule has 31 heavy (non-hydrogen) atoms. The van der Waals surface area contributed by atoms with E-state index < -0.39 is 11.6 Å². The van der Waals surface area contributed by atoms with Crippen LogP contribution in [0.4, 0.5) is 8.78 Å². The second kappa shape index (κ2) is 13.2. The van der Waals surface area contributed by atoms with Gasteiger partial charge in [-0.2, -0.15) is 0 Å². The lowest BCUT2D eigenvalue weighted by molar-refractivity contribution is 0.347. The molecule has 2 rings (SSSR count). The Labute approximate surface area is 199 Å². The Morgan fingerprint density at radius 2 is 1.58 bits per heavy atom. The molecule has 9 heteroatoms. The Bertz CT molecular complexity index is 881. The minimum absolute atomic E-state index is 0. The third kappa shape index (κ3) is 7.41. The normalized spacial score (nSPS) is 11.9. The summed E-state index contributed by atoms with van der Waals surface area (Å²) >= 11 is 0. The van der Waals surface area contributed by atoms with Gasteiger partial charge in [0.2, 0.25) is 0 Å². The number of hydrogen-bond acceptors (Lipinski definition) is 4. The number of halogens is 3. The maximum absolute atomic E-state index is 13.5. The highest BCUT2D eigenvalue weighted by atomic mass is 127. The van der Waals surface area contributed by atoms with Crippen LogP contribution in [0.25, 0.3) is 0 Å². The van der Waals surface area contributed by atoms with Crippen molar-refractivity contribution >= 4 is 29.9 Å². The molecule has 0 fully saturated rings. The van der Waals surface area contributed by atoms with Gasteiger partial charge >= 0.3 is 0 Å². The Morgan fingerprint density at radius 3 is 2.16 bits per heavy atom. The molecule has 2 aromatic rings. The second-order valence-corrected chi connectivity index (χ2v) is 6.67. The number of guanidine groups is 1. The molecule has 0 radical (unpaired) electrons. The molecule has 0 amide bonds. The first-order valence-corrected chi connectivity index (χ1v) is 9.69. The molecule has 0 saturated heterocycles. The molecule has 2 N–H and O–H groups in total. The minimum atomic E-state index is -0.849. The largest absolute Gasteiger partial charge is 0.496 e. The van der Waals surface area contributed by atoms with E-state index in [-0.39, 0.29) is 29.9 Å². The van der Waals surface area contributed by atoms with E-state index in [1.54, 1.807) is 33.5 Å². The summed E-state index contributed by atoms with van der Waals surface area (Å²) in [5.41, 5.74) is 1.54. The van der Waals surface area contributed by atoms with E-state index in [1.165, 1.54) is 6.07 Å². The van der Waals surface area contributed by atoms with Crippen molar-refractivity contribution in [1.82, 2.24) is 10.6 Å². The van der Waals surface area contributed by atoms with E-state index in [0.717, 1.165) is 11.6 Å². The first-order chi connectivity index (χ1) is 14.4. The van der Waals surface area contributed by atoms with Gasteiger partial charge in [0.05, 0.1) is 27.9 Å². The Hall–Kier alpha value is -2.30. The van der Waals surface area contributed by atoms with Crippen LogP contribution in [0.1, 0.15) is 30.9 Å². The van der Waals surface area contributed by atoms with Crippen LogP contribution >= 0.6 is 24.0 Å². The van der Waals surface area contributed by atoms with Crippen LogP contribution in [0.15, 0.2) is 35.3 Å². The van der Waals surface area contributed by atoms with Crippen LogP contribution in [-0.2, 0) is 6.54 Å². The smallest absolute Gasteiger partial charge is 0.191 e. The number of rotatable bonds is 9. The van der Waals surface area contributed by atoms with E-state index in [0.29, 0.717) is 48.4 Å². The second-order valence-electron chi connectivity index (χ2n) is 6.67. The summed E-state index contributed by atoms with van der Waals surface area (Å²) in [4.78, 5) is 4.60. The fourth-order valence-electron chi connectivity index (χ4n) is 2.91. The van der Waals surface area contributed by atoms with E-state index >= 15 is 0 Å². The minimum Gasteiger partial charge on any atom is -0.496 e. The van der Waals surface area contributed by atoms with Crippen molar-refractivity contribution in [3.63, 3.8) is 0 Å². The van der Waals surface area contributed by atoms with E-state index in [9.17, 15) is 8.78 Å². The number of nitrogens with zero attached hydrogens (tertiary/aromatic N) is 1. The number of methoxy groups -OCH3 is 3. The van der Waals surface area contributed by atoms with Crippen molar-refractivity contribution in [2.24, 2.45) is 4.99 Å². The molecule has 172 valence electrons. The average molecular weight is 549 g/mol. The summed E-state index contributed by atoms with van der Waals surface area (Å²) in [6.45, 7) is 5.42. The van der Waals surface area contributed by atoms with Gasteiger partial charge in [-0.3, -0.25) is 0 Å². The van der Waals surface area contributed by atoms with Gasteiger partial charge in [0.25, 0.3) is 0 Å². The standard InChI is InChI=1S/C22H29F2N3O3.HI/c1-6-25-22(26-12-14(2)15-7-8-17(23)18(24)9-15)27-13-16-10-20(29-4)21(30-5)11-19(16)28-3;/h7-11,14H,6,12-13H2,1-5H3,(H2,25,26,27);1H. The van der Waals surface area contributed by atoms with E-state index in [1.807, 2.05) is 19.9 Å². The van der Waals surface area contributed by atoms with Crippen molar-refractivity contribution in [1.29, 1.82) is 0 Å². The Kier molecular flexibility index (Phi) is 11.4. The van der Waals surface area contributed by atoms with Gasteiger partial charge in [-0.05, 0) is 36.6 Å². The van der Waals surface area contributed by atoms with Crippen molar-refractivity contribution in [3.8, 4) is 17.2 Å². The highest BCUT2D eigenvalue weighted by Crippen LogP contribution is 2.34. The quantitative estimate of drug-likeness (QED) is 0.275. The predicted molar refractivity (Wildman–Crippen MR) is 129 cm³/mol. The van der Waals surface area contributed by atoms with Crippen LogP contribution in [0.5, 0.6) is 17.2 Å². The Balaban J connectivity index is 0.00000480. The molecular formula is C22H30F2IN3O3. The molecule has 0 heterocycles. The summed E-state index contributed by atoms with van der Waals surface area (Å²) in [7, 11) is 4.72. The molecule has 1 unspecified atom stereocenters. The molecule has 0 aromatic heterocycles. The zero-order chi connectivity index (χ0) is 22.1. The molecule has 0 spiro atoms. The number of nitrogens with one attached hydrogen (secondary N) is 2. The van der Waals surface area contributed by atoms with Crippen LogP contribution in [0, 0.1) is 11.6 Å². The average Bonchev–Trinajstić information content (AvgIpc) is 2.76. The molecule has 0 aliphatic heterocycles. The third-order valence-electron chi connectivity index (χ3n) is 4.63. The summed E-state index contributed by atoms with van der Waals surface area (Å²) in [5, 5.41) is 6.41. The fourth-order valence-corrected chi connectivity index (χ4v) is 2.91. The van der Waals surface area contributed by atoms with Gasteiger partial charge in [0.15, 0.2) is 29.1 Å². The van der Waals surface area contributed by atoms with E-state index in [2.05, 4.69) is 15.6 Å². The lowest BCUT2D eigenvalue weighted by atomic mass is 10.0. The molecule has 0 aliphatic rings. The maximum atomic E-state index is 13.5. The van der Waals surface area contributed by atoms with Crippen molar-refractivity contribution in [2.45, 2.75) is 26.3 Å². The monoisotopic (exact) mass is 549 g/mol. The zero-order valence-corrected chi connectivity index (χ0v) is 20.8.